The molecule has 2 heterocycles. The highest BCUT2D eigenvalue weighted by molar-refractivity contribution is 7.00. The average Bonchev–Trinajstić information content (AvgIpc) is 3.44. The summed E-state index contributed by atoms with van der Waals surface area (Å²) in [6, 6.07) is 102. The molecule has 11 aromatic carbocycles. The summed E-state index contributed by atoms with van der Waals surface area (Å²) in [6.45, 7) is -0.0623. The van der Waals surface area contributed by atoms with Crippen molar-refractivity contribution in [2.45, 2.75) is 0 Å². The Hall–Kier alpha value is -9.12. The molecule has 0 aliphatic carbocycles. The second kappa shape index (κ2) is 17.5. The zero-order chi connectivity index (χ0) is 46.4. The molecule has 0 N–H and O–H groups in total. The summed E-state index contributed by atoms with van der Waals surface area (Å²) in [6.07, 6.45) is 0. The predicted molar refractivity (Wildman–Crippen MR) is 297 cm³/mol. The maximum absolute atomic E-state index is 2.54. The summed E-state index contributed by atoms with van der Waals surface area (Å²) in [5.74, 6) is 0. The summed E-state index contributed by atoms with van der Waals surface area (Å²) in [7, 11) is 0. The first-order valence-corrected chi connectivity index (χ1v) is 24.1. The van der Waals surface area contributed by atoms with Gasteiger partial charge in [-0.05, 0) is 146 Å². The predicted octanol–water partition coefficient (Wildman–Crippen LogP) is 15.9. The zero-order valence-corrected chi connectivity index (χ0v) is 38.5. The largest absolute Gasteiger partial charge is 0.311 e. The van der Waals surface area contributed by atoms with Gasteiger partial charge in [0.2, 0.25) is 0 Å². The van der Waals surface area contributed by atoms with E-state index in [2.05, 4.69) is 294 Å². The molecular weight excluding hydrogens is 846 g/mol. The SMILES string of the molecule is c1ccc(-c2cccc(N3c4cc(-c5ccccc5)ccc4B4c5ccc(N(c6ccccc6)c6ccccc6)cc5N(c5cc(-c6ccccc6)cc(-c6ccccc6)c5)c5cccc3c54)c2)cc1. The number of para-hydroxylation sites is 2. The van der Waals surface area contributed by atoms with Gasteiger partial charge in [-0.3, -0.25) is 0 Å². The molecule has 4 heteroatoms. The van der Waals surface area contributed by atoms with Crippen LogP contribution in [0.1, 0.15) is 0 Å². The number of anilines is 9. The Kier molecular flexibility index (Phi) is 10.3. The van der Waals surface area contributed by atoms with E-state index in [1.165, 1.54) is 61.1 Å². The van der Waals surface area contributed by atoms with Crippen LogP contribution in [0.2, 0.25) is 0 Å². The first kappa shape index (κ1) is 41.1. The quantitative estimate of drug-likeness (QED) is 0.134. The molecule has 2 aliphatic rings. The normalized spacial score (nSPS) is 12.2. The number of rotatable bonds is 9. The zero-order valence-electron chi connectivity index (χ0n) is 38.5. The van der Waals surface area contributed by atoms with Gasteiger partial charge in [0.05, 0.1) is 0 Å². The average molecular weight is 892 g/mol. The molecule has 2 aliphatic heterocycles. The standard InChI is InChI=1S/C66H46BN3/c1-7-21-47(22-8-1)51-29-19-34-57(42-51)69-62-35-20-36-63-66(62)67(60-39-37-52(45-64(60)69)48-23-9-2-10-24-48)61-40-38-58(68(55-30-15-5-16-31-55)56-32-17-6-18-33-56)46-65(61)70(63)59-43-53(49-25-11-3-12-26-49)41-54(44-59)50-27-13-4-14-28-50/h1-46H. The smallest absolute Gasteiger partial charge is 0.252 e. The van der Waals surface area contributed by atoms with Gasteiger partial charge in [-0.25, -0.2) is 0 Å². The van der Waals surface area contributed by atoms with Crippen LogP contribution in [-0.2, 0) is 0 Å². The third kappa shape index (κ3) is 7.26. The van der Waals surface area contributed by atoms with Gasteiger partial charge < -0.3 is 14.7 Å². The number of nitrogens with zero attached hydrogens (tertiary/aromatic N) is 3. The minimum absolute atomic E-state index is 0.0623. The van der Waals surface area contributed by atoms with Crippen molar-refractivity contribution in [1.82, 2.24) is 0 Å². The van der Waals surface area contributed by atoms with Crippen molar-refractivity contribution in [3.8, 4) is 44.5 Å². The van der Waals surface area contributed by atoms with E-state index in [0.717, 1.165) is 50.9 Å². The Balaban J connectivity index is 1.10. The van der Waals surface area contributed by atoms with Crippen LogP contribution in [0.5, 0.6) is 0 Å². The Morgan fingerprint density at radius 3 is 1.17 bits per heavy atom. The summed E-state index contributed by atoms with van der Waals surface area (Å²) in [4.78, 5) is 7.44. The highest BCUT2D eigenvalue weighted by Crippen LogP contribution is 2.48. The monoisotopic (exact) mass is 891 g/mol. The minimum Gasteiger partial charge on any atom is -0.311 e. The van der Waals surface area contributed by atoms with E-state index in [9.17, 15) is 0 Å². The number of fused-ring (bicyclic) bond motifs is 4. The molecule has 0 spiro atoms. The van der Waals surface area contributed by atoms with E-state index in [0.29, 0.717) is 0 Å². The van der Waals surface area contributed by atoms with Gasteiger partial charge in [0.25, 0.3) is 6.71 Å². The Morgan fingerprint density at radius 2 is 0.643 bits per heavy atom. The number of hydrogen-bond acceptors (Lipinski definition) is 3. The fraction of sp³-hybridized carbons (Fsp3) is 0. The minimum atomic E-state index is -0.0623. The van der Waals surface area contributed by atoms with E-state index in [1.54, 1.807) is 0 Å². The Bertz CT molecular complexity index is 3560. The third-order valence-corrected chi connectivity index (χ3v) is 14.0. The van der Waals surface area contributed by atoms with Crippen LogP contribution >= 0.6 is 0 Å². The second-order valence-corrected chi connectivity index (χ2v) is 18.1. The van der Waals surface area contributed by atoms with Crippen LogP contribution in [0.4, 0.5) is 51.2 Å². The Labute approximate surface area is 410 Å². The van der Waals surface area contributed by atoms with E-state index in [4.69, 9.17) is 0 Å². The maximum atomic E-state index is 2.54. The van der Waals surface area contributed by atoms with Crippen LogP contribution in [0.15, 0.2) is 279 Å². The van der Waals surface area contributed by atoms with Crippen LogP contribution < -0.4 is 31.1 Å². The molecule has 13 rings (SSSR count). The van der Waals surface area contributed by atoms with Crippen LogP contribution in [-0.4, -0.2) is 6.71 Å². The summed E-state index contributed by atoms with van der Waals surface area (Å²) in [5.41, 5.74) is 23.4. The van der Waals surface area contributed by atoms with E-state index < -0.39 is 0 Å². The fourth-order valence-corrected chi connectivity index (χ4v) is 10.8. The Morgan fingerprint density at radius 1 is 0.243 bits per heavy atom. The van der Waals surface area contributed by atoms with Gasteiger partial charge >= 0.3 is 0 Å². The molecule has 0 amide bonds. The highest BCUT2D eigenvalue weighted by atomic mass is 15.2. The van der Waals surface area contributed by atoms with E-state index >= 15 is 0 Å². The van der Waals surface area contributed by atoms with E-state index in [-0.39, 0.29) is 6.71 Å². The van der Waals surface area contributed by atoms with Crippen molar-refractivity contribution >= 4 is 74.3 Å². The van der Waals surface area contributed by atoms with Crippen molar-refractivity contribution in [3.63, 3.8) is 0 Å². The molecule has 0 bridgehead atoms. The van der Waals surface area contributed by atoms with Crippen molar-refractivity contribution in [1.29, 1.82) is 0 Å². The van der Waals surface area contributed by atoms with Gasteiger partial charge in [0.15, 0.2) is 0 Å². The molecule has 70 heavy (non-hydrogen) atoms. The van der Waals surface area contributed by atoms with Gasteiger partial charge in [-0.1, -0.05) is 194 Å². The molecule has 0 atom stereocenters. The van der Waals surface area contributed by atoms with E-state index in [1.807, 2.05) is 0 Å². The molecule has 328 valence electrons. The lowest BCUT2D eigenvalue weighted by molar-refractivity contribution is 1.24. The second-order valence-electron chi connectivity index (χ2n) is 18.1. The van der Waals surface area contributed by atoms with Gasteiger partial charge in [0, 0.05) is 51.2 Å². The number of benzene rings is 11. The first-order valence-electron chi connectivity index (χ1n) is 24.1. The molecule has 11 aromatic rings. The van der Waals surface area contributed by atoms with Gasteiger partial charge in [0.1, 0.15) is 0 Å². The maximum Gasteiger partial charge on any atom is 0.252 e. The molecule has 0 saturated heterocycles. The van der Waals surface area contributed by atoms with Gasteiger partial charge in [-0.15, -0.1) is 0 Å². The highest BCUT2D eigenvalue weighted by Gasteiger charge is 2.43. The molecular formula is C66H46BN3. The summed E-state index contributed by atoms with van der Waals surface area (Å²) >= 11 is 0. The van der Waals surface area contributed by atoms with Gasteiger partial charge in [-0.2, -0.15) is 0 Å². The van der Waals surface area contributed by atoms with Crippen LogP contribution in [0, 0.1) is 0 Å². The van der Waals surface area contributed by atoms with Crippen molar-refractivity contribution in [3.05, 3.63) is 279 Å². The van der Waals surface area contributed by atoms with Crippen molar-refractivity contribution in [2.24, 2.45) is 0 Å². The molecule has 3 nitrogen and oxygen atoms in total. The molecule has 0 saturated carbocycles. The lowest BCUT2D eigenvalue weighted by Gasteiger charge is -2.44. The summed E-state index contributed by atoms with van der Waals surface area (Å²) < 4.78 is 0. The molecule has 0 radical (unpaired) electrons. The third-order valence-electron chi connectivity index (χ3n) is 14.0. The molecule has 0 aromatic heterocycles. The lowest BCUT2D eigenvalue weighted by Crippen LogP contribution is -2.61. The topological polar surface area (TPSA) is 9.72 Å². The van der Waals surface area contributed by atoms with Crippen molar-refractivity contribution in [2.75, 3.05) is 14.7 Å². The van der Waals surface area contributed by atoms with Crippen LogP contribution in [0.25, 0.3) is 44.5 Å². The fourth-order valence-electron chi connectivity index (χ4n) is 10.8. The first-order chi connectivity index (χ1) is 34.7. The van der Waals surface area contributed by atoms with Crippen molar-refractivity contribution < 1.29 is 0 Å². The summed E-state index contributed by atoms with van der Waals surface area (Å²) in [5, 5.41) is 0. The lowest BCUT2D eigenvalue weighted by atomic mass is 9.33. The molecule has 0 fully saturated rings. The molecule has 0 unspecified atom stereocenters. The van der Waals surface area contributed by atoms with Crippen LogP contribution in [0.3, 0.4) is 0 Å². The number of hydrogen-bond donors (Lipinski definition) is 0.